The first-order valence-corrected chi connectivity index (χ1v) is 7.14. The molecular formula is C15H17F3N2O. The molecule has 1 saturated carbocycles. The van der Waals surface area contributed by atoms with E-state index in [0.29, 0.717) is 36.7 Å². The minimum Gasteiger partial charge on any atom is -0.368 e. The number of nitrogens with zero attached hydrogens (tertiary/aromatic N) is 2. The Labute approximate surface area is 121 Å². The molecule has 0 amide bonds. The van der Waals surface area contributed by atoms with Crippen molar-refractivity contribution in [1.29, 1.82) is 0 Å². The normalized spacial score (nSPS) is 20.6. The first-order valence-electron chi connectivity index (χ1n) is 7.14. The fourth-order valence-corrected chi connectivity index (χ4v) is 2.86. The molecular weight excluding hydrogens is 281 g/mol. The summed E-state index contributed by atoms with van der Waals surface area (Å²) in [6.07, 6.45) is -1.30. The highest BCUT2D eigenvalue weighted by Crippen LogP contribution is 2.34. The summed E-state index contributed by atoms with van der Waals surface area (Å²) in [7, 11) is 0. The number of alkyl halides is 3. The molecule has 1 heterocycles. The molecule has 3 nitrogen and oxygen atoms in total. The molecule has 1 aliphatic heterocycles. The van der Waals surface area contributed by atoms with Crippen molar-refractivity contribution in [2.75, 3.05) is 31.1 Å². The van der Waals surface area contributed by atoms with E-state index >= 15 is 0 Å². The average Bonchev–Trinajstić information content (AvgIpc) is 3.30. The van der Waals surface area contributed by atoms with Gasteiger partial charge in [-0.15, -0.1) is 0 Å². The van der Waals surface area contributed by atoms with Gasteiger partial charge in [-0.25, -0.2) is 0 Å². The van der Waals surface area contributed by atoms with Crippen molar-refractivity contribution in [2.24, 2.45) is 0 Å². The van der Waals surface area contributed by atoms with Crippen LogP contribution in [0.2, 0.25) is 0 Å². The van der Waals surface area contributed by atoms with Gasteiger partial charge in [0.2, 0.25) is 0 Å². The molecule has 6 heteroatoms. The summed E-state index contributed by atoms with van der Waals surface area (Å²) in [5.74, 6) is 0. The predicted molar refractivity (Wildman–Crippen MR) is 73.6 cm³/mol. The van der Waals surface area contributed by atoms with Crippen LogP contribution < -0.4 is 4.90 Å². The molecule has 0 aromatic heterocycles. The quantitative estimate of drug-likeness (QED) is 0.802. The van der Waals surface area contributed by atoms with Gasteiger partial charge in [0.15, 0.2) is 6.29 Å². The van der Waals surface area contributed by atoms with E-state index in [1.54, 1.807) is 0 Å². The fourth-order valence-electron chi connectivity index (χ4n) is 2.86. The number of aldehydes is 1. The van der Waals surface area contributed by atoms with Crippen LogP contribution in [-0.4, -0.2) is 43.4 Å². The average molecular weight is 298 g/mol. The second kappa shape index (κ2) is 5.33. The van der Waals surface area contributed by atoms with Crippen molar-refractivity contribution in [3.63, 3.8) is 0 Å². The lowest BCUT2D eigenvalue weighted by Crippen LogP contribution is -2.47. The fraction of sp³-hybridized carbons (Fsp3) is 0.533. The molecule has 114 valence electrons. The van der Waals surface area contributed by atoms with E-state index in [4.69, 9.17) is 0 Å². The third kappa shape index (κ3) is 3.05. The second-order valence-electron chi connectivity index (χ2n) is 5.64. The minimum atomic E-state index is -4.38. The standard InChI is InChI=1S/C15H17F3N2O/c16-15(17,18)12-2-1-11(10-21)14(9-12)20-7-5-19(6-8-20)13-3-4-13/h1-2,9-10,13H,3-8H2. The molecule has 0 bridgehead atoms. The molecule has 0 spiro atoms. The van der Waals surface area contributed by atoms with Gasteiger partial charge in [0.1, 0.15) is 0 Å². The van der Waals surface area contributed by atoms with Gasteiger partial charge < -0.3 is 4.90 Å². The number of anilines is 1. The zero-order valence-electron chi connectivity index (χ0n) is 11.6. The number of piperazine rings is 1. The Morgan fingerprint density at radius 3 is 2.29 bits per heavy atom. The zero-order chi connectivity index (χ0) is 15.0. The predicted octanol–water partition coefficient (Wildman–Crippen LogP) is 2.80. The lowest BCUT2D eigenvalue weighted by atomic mass is 10.1. The van der Waals surface area contributed by atoms with Gasteiger partial charge in [0.25, 0.3) is 0 Å². The molecule has 1 saturated heterocycles. The number of hydrogen-bond donors (Lipinski definition) is 0. The van der Waals surface area contributed by atoms with Gasteiger partial charge in [0.05, 0.1) is 5.56 Å². The van der Waals surface area contributed by atoms with E-state index in [1.165, 1.54) is 18.9 Å². The maximum atomic E-state index is 12.8. The molecule has 1 aromatic rings. The van der Waals surface area contributed by atoms with Crippen molar-refractivity contribution in [1.82, 2.24) is 4.90 Å². The van der Waals surface area contributed by atoms with Crippen LogP contribution in [0.3, 0.4) is 0 Å². The van der Waals surface area contributed by atoms with E-state index < -0.39 is 11.7 Å². The highest BCUT2D eigenvalue weighted by atomic mass is 19.4. The number of carbonyl (C=O) groups excluding carboxylic acids is 1. The number of carbonyl (C=O) groups is 1. The van der Waals surface area contributed by atoms with Crippen molar-refractivity contribution in [3.8, 4) is 0 Å². The molecule has 2 fully saturated rings. The Hall–Kier alpha value is -1.56. The molecule has 2 aliphatic rings. The summed E-state index contributed by atoms with van der Waals surface area (Å²) in [6, 6.07) is 3.99. The summed E-state index contributed by atoms with van der Waals surface area (Å²) < 4.78 is 38.5. The van der Waals surface area contributed by atoms with Crippen LogP contribution in [0.15, 0.2) is 18.2 Å². The molecule has 1 aromatic carbocycles. The first-order chi connectivity index (χ1) is 9.99. The molecule has 1 aliphatic carbocycles. The lowest BCUT2D eigenvalue weighted by Gasteiger charge is -2.37. The van der Waals surface area contributed by atoms with E-state index in [1.807, 2.05) is 4.90 Å². The van der Waals surface area contributed by atoms with Crippen molar-refractivity contribution in [2.45, 2.75) is 25.1 Å². The third-order valence-corrected chi connectivity index (χ3v) is 4.20. The highest BCUT2D eigenvalue weighted by molar-refractivity contribution is 5.85. The number of benzene rings is 1. The summed E-state index contributed by atoms with van der Waals surface area (Å²) in [6.45, 7) is 3.02. The largest absolute Gasteiger partial charge is 0.416 e. The van der Waals surface area contributed by atoms with Gasteiger partial charge in [-0.3, -0.25) is 9.69 Å². The zero-order valence-corrected chi connectivity index (χ0v) is 11.6. The highest BCUT2D eigenvalue weighted by Gasteiger charge is 2.34. The number of halogens is 3. The van der Waals surface area contributed by atoms with Gasteiger partial charge in [-0.1, -0.05) is 0 Å². The van der Waals surface area contributed by atoms with Crippen LogP contribution in [0.5, 0.6) is 0 Å². The maximum absolute atomic E-state index is 12.8. The topological polar surface area (TPSA) is 23.6 Å². The monoisotopic (exact) mass is 298 g/mol. The van der Waals surface area contributed by atoms with E-state index in [9.17, 15) is 18.0 Å². The Bertz CT molecular complexity index is 532. The number of hydrogen-bond acceptors (Lipinski definition) is 3. The second-order valence-corrected chi connectivity index (χ2v) is 5.64. The summed E-state index contributed by atoms with van der Waals surface area (Å²) in [4.78, 5) is 15.4. The Kier molecular flexibility index (Phi) is 3.65. The molecule has 0 unspecified atom stereocenters. The van der Waals surface area contributed by atoms with Crippen LogP contribution in [0.25, 0.3) is 0 Å². The lowest BCUT2D eigenvalue weighted by molar-refractivity contribution is -0.137. The molecule has 0 radical (unpaired) electrons. The molecule has 0 atom stereocenters. The number of rotatable bonds is 3. The summed E-state index contributed by atoms with van der Waals surface area (Å²) in [5, 5.41) is 0. The van der Waals surface area contributed by atoms with E-state index in [2.05, 4.69) is 4.90 Å². The Morgan fingerprint density at radius 2 is 1.76 bits per heavy atom. The van der Waals surface area contributed by atoms with Crippen LogP contribution in [0.1, 0.15) is 28.8 Å². The van der Waals surface area contributed by atoms with Gasteiger partial charge in [-0.05, 0) is 31.0 Å². The Morgan fingerprint density at radius 1 is 1.10 bits per heavy atom. The van der Waals surface area contributed by atoms with Crippen molar-refractivity contribution in [3.05, 3.63) is 29.3 Å². The van der Waals surface area contributed by atoms with Gasteiger partial charge >= 0.3 is 6.18 Å². The summed E-state index contributed by atoms with van der Waals surface area (Å²) in [5.41, 5.74) is 0.0193. The smallest absolute Gasteiger partial charge is 0.368 e. The first kappa shape index (κ1) is 14.4. The van der Waals surface area contributed by atoms with Gasteiger partial charge in [-0.2, -0.15) is 13.2 Å². The summed E-state index contributed by atoms with van der Waals surface area (Å²) >= 11 is 0. The van der Waals surface area contributed by atoms with Crippen LogP contribution >= 0.6 is 0 Å². The van der Waals surface area contributed by atoms with Crippen molar-refractivity contribution < 1.29 is 18.0 Å². The van der Waals surface area contributed by atoms with Crippen LogP contribution in [0, 0.1) is 0 Å². The molecule has 0 N–H and O–H groups in total. The maximum Gasteiger partial charge on any atom is 0.416 e. The SMILES string of the molecule is O=Cc1ccc(C(F)(F)F)cc1N1CCN(C2CC2)CC1. The minimum absolute atomic E-state index is 0.322. The van der Waals surface area contributed by atoms with Gasteiger partial charge in [0, 0.05) is 43.5 Å². The van der Waals surface area contributed by atoms with E-state index in [-0.39, 0.29) is 0 Å². The molecule has 3 rings (SSSR count). The van der Waals surface area contributed by atoms with Crippen LogP contribution in [-0.2, 0) is 6.18 Å². The Balaban J connectivity index is 1.81. The van der Waals surface area contributed by atoms with E-state index in [0.717, 1.165) is 25.2 Å². The third-order valence-electron chi connectivity index (χ3n) is 4.20. The molecule has 21 heavy (non-hydrogen) atoms. The van der Waals surface area contributed by atoms with Crippen LogP contribution in [0.4, 0.5) is 18.9 Å². The van der Waals surface area contributed by atoms with Crippen molar-refractivity contribution >= 4 is 12.0 Å².